The van der Waals surface area contributed by atoms with E-state index in [1.54, 1.807) is 0 Å². The van der Waals surface area contributed by atoms with Gasteiger partial charge in [-0.15, -0.1) is 0 Å². The fraction of sp³-hybridized carbons (Fsp3) is 0.754. The third-order valence-corrected chi connectivity index (χ3v) is 11.9. The van der Waals surface area contributed by atoms with E-state index >= 15 is 0 Å². The smallest absolute Gasteiger partial charge is 0.306 e. The Morgan fingerprint density at radius 1 is 0.476 bits per heavy atom. The molecule has 6 nitrogen and oxygen atoms in total. The molecule has 3 unspecified atom stereocenters. The highest BCUT2D eigenvalue weighted by Crippen LogP contribution is 2.17. The standard InChI is InChI=1S/C57H101NO5/c1-4-7-10-13-16-19-22-24-26-27-28-30-32-35-38-41-44-47-50-57(62)63-53(48-45-42-39-36-34-31-29-25-23-20-17-14-11-8-5-2)51-56(61)58-54(52-59)55(60)49-46-43-40-37-33-21-18-15-12-9-6-3/h16-17,19-20,22,24-30,53-55,59-60H,4-15,18,21,23,31-52H2,1-3H3,(H,58,61)/b19-16+,20-17-,24-22+,27-26+,29-25-,30-28+. The van der Waals surface area contributed by atoms with Crippen LogP contribution < -0.4 is 5.32 Å². The first-order valence-electron chi connectivity index (χ1n) is 26.7. The molecule has 0 saturated heterocycles. The van der Waals surface area contributed by atoms with Gasteiger partial charge in [0.2, 0.25) is 5.91 Å². The molecule has 0 bridgehead atoms. The normalized spacial score (nSPS) is 13.8. The van der Waals surface area contributed by atoms with Gasteiger partial charge in [-0.25, -0.2) is 0 Å². The van der Waals surface area contributed by atoms with Crippen LogP contribution in [0.4, 0.5) is 0 Å². The van der Waals surface area contributed by atoms with E-state index in [0.717, 1.165) is 96.3 Å². The molecule has 0 saturated carbocycles. The van der Waals surface area contributed by atoms with E-state index in [1.165, 1.54) is 109 Å². The molecule has 0 aromatic heterocycles. The van der Waals surface area contributed by atoms with Gasteiger partial charge in [0.15, 0.2) is 0 Å². The molecule has 0 aromatic carbocycles. The molecule has 364 valence electrons. The van der Waals surface area contributed by atoms with E-state index in [0.29, 0.717) is 19.3 Å². The highest BCUT2D eigenvalue weighted by Gasteiger charge is 2.24. The average molecular weight is 880 g/mol. The monoisotopic (exact) mass is 880 g/mol. The Bertz CT molecular complexity index is 1170. The summed E-state index contributed by atoms with van der Waals surface area (Å²) in [6.45, 7) is 6.41. The van der Waals surface area contributed by atoms with E-state index in [1.807, 2.05) is 0 Å². The maximum absolute atomic E-state index is 13.2. The van der Waals surface area contributed by atoms with Crippen LogP contribution in [0.15, 0.2) is 72.9 Å². The second kappa shape index (κ2) is 50.3. The van der Waals surface area contributed by atoms with Gasteiger partial charge < -0.3 is 20.3 Å². The van der Waals surface area contributed by atoms with Crippen LogP contribution in [0.1, 0.15) is 252 Å². The van der Waals surface area contributed by atoms with Crippen molar-refractivity contribution in [1.29, 1.82) is 0 Å². The number of hydrogen-bond donors (Lipinski definition) is 3. The Kier molecular flexibility index (Phi) is 48.1. The summed E-state index contributed by atoms with van der Waals surface area (Å²) in [5, 5.41) is 23.8. The largest absolute Gasteiger partial charge is 0.462 e. The number of hydrogen-bond acceptors (Lipinski definition) is 5. The van der Waals surface area contributed by atoms with Crippen molar-refractivity contribution in [1.82, 2.24) is 5.32 Å². The Hall–Kier alpha value is -2.70. The van der Waals surface area contributed by atoms with Crippen molar-refractivity contribution in [2.45, 2.75) is 270 Å². The minimum Gasteiger partial charge on any atom is -0.462 e. The fourth-order valence-corrected chi connectivity index (χ4v) is 7.77. The fourth-order valence-electron chi connectivity index (χ4n) is 7.77. The lowest BCUT2D eigenvalue weighted by Gasteiger charge is -2.24. The molecule has 0 aliphatic carbocycles. The van der Waals surface area contributed by atoms with Gasteiger partial charge in [-0.2, -0.15) is 0 Å². The van der Waals surface area contributed by atoms with Crippen LogP contribution in [0.25, 0.3) is 0 Å². The predicted octanol–water partition coefficient (Wildman–Crippen LogP) is 16.2. The summed E-state index contributed by atoms with van der Waals surface area (Å²) in [6.07, 6.45) is 63.8. The number of amides is 1. The lowest BCUT2D eigenvalue weighted by molar-refractivity contribution is -0.151. The van der Waals surface area contributed by atoms with Crippen LogP contribution in [-0.2, 0) is 14.3 Å². The second-order valence-corrected chi connectivity index (χ2v) is 18.0. The van der Waals surface area contributed by atoms with Gasteiger partial charge in [0, 0.05) is 6.42 Å². The van der Waals surface area contributed by atoms with E-state index in [9.17, 15) is 19.8 Å². The van der Waals surface area contributed by atoms with E-state index in [2.05, 4.69) is 99.0 Å². The van der Waals surface area contributed by atoms with Crippen molar-refractivity contribution >= 4 is 11.9 Å². The summed E-state index contributed by atoms with van der Waals surface area (Å²) in [6, 6.07) is -0.714. The van der Waals surface area contributed by atoms with Crippen LogP contribution in [-0.4, -0.2) is 46.9 Å². The summed E-state index contributed by atoms with van der Waals surface area (Å²) in [5.41, 5.74) is 0. The molecule has 6 heteroatoms. The van der Waals surface area contributed by atoms with Crippen molar-refractivity contribution in [3.63, 3.8) is 0 Å². The number of unbranched alkanes of at least 4 members (excludes halogenated alkanes) is 26. The number of allylic oxidation sites excluding steroid dienone is 12. The first-order valence-corrected chi connectivity index (χ1v) is 26.7. The van der Waals surface area contributed by atoms with Gasteiger partial charge in [-0.3, -0.25) is 9.59 Å². The van der Waals surface area contributed by atoms with Gasteiger partial charge in [-0.05, 0) is 83.5 Å². The zero-order valence-corrected chi connectivity index (χ0v) is 41.4. The first kappa shape index (κ1) is 60.3. The maximum atomic E-state index is 13.2. The first-order chi connectivity index (χ1) is 31.0. The van der Waals surface area contributed by atoms with E-state index in [4.69, 9.17) is 4.74 Å². The van der Waals surface area contributed by atoms with Gasteiger partial charge in [0.25, 0.3) is 0 Å². The summed E-state index contributed by atoms with van der Waals surface area (Å²) >= 11 is 0. The molecule has 1 amide bonds. The lowest BCUT2D eigenvalue weighted by Crippen LogP contribution is -2.46. The molecular formula is C57H101NO5. The van der Waals surface area contributed by atoms with Crippen LogP contribution in [0.3, 0.4) is 0 Å². The van der Waals surface area contributed by atoms with Crippen LogP contribution in [0, 0.1) is 0 Å². The second-order valence-electron chi connectivity index (χ2n) is 18.0. The zero-order chi connectivity index (χ0) is 45.9. The minimum atomic E-state index is -0.798. The topological polar surface area (TPSA) is 95.9 Å². The molecule has 0 aliphatic heterocycles. The Morgan fingerprint density at radius 2 is 0.873 bits per heavy atom. The molecule has 0 heterocycles. The third-order valence-electron chi connectivity index (χ3n) is 11.9. The minimum absolute atomic E-state index is 0.0560. The van der Waals surface area contributed by atoms with E-state index in [-0.39, 0.29) is 24.9 Å². The summed E-state index contributed by atoms with van der Waals surface area (Å²) < 4.78 is 5.93. The molecule has 63 heavy (non-hydrogen) atoms. The van der Waals surface area contributed by atoms with Crippen molar-refractivity contribution in [3.8, 4) is 0 Å². The molecule has 0 rings (SSSR count). The Balaban J connectivity index is 4.66. The molecule has 3 N–H and O–H groups in total. The molecule has 0 aromatic rings. The summed E-state index contributed by atoms with van der Waals surface area (Å²) in [4.78, 5) is 26.2. The quantitative estimate of drug-likeness (QED) is 0.0245. The predicted molar refractivity (Wildman–Crippen MR) is 273 cm³/mol. The van der Waals surface area contributed by atoms with E-state index < -0.39 is 18.2 Å². The molecule has 0 aliphatic rings. The van der Waals surface area contributed by atoms with Crippen molar-refractivity contribution < 1.29 is 24.5 Å². The number of esters is 1. The number of aliphatic hydroxyl groups is 2. The average Bonchev–Trinajstić information content (AvgIpc) is 3.28. The summed E-state index contributed by atoms with van der Waals surface area (Å²) in [7, 11) is 0. The molecule has 0 spiro atoms. The van der Waals surface area contributed by atoms with Crippen molar-refractivity contribution in [2.75, 3.05) is 6.61 Å². The molecule has 0 radical (unpaired) electrons. The maximum Gasteiger partial charge on any atom is 0.306 e. The van der Waals surface area contributed by atoms with Gasteiger partial charge >= 0.3 is 5.97 Å². The number of rotatable bonds is 47. The highest BCUT2D eigenvalue weighted by atomic mass is 16.5. The molecule has 3 atom stereocenters. The van der Waals surface area contributed by atoms with Crippen LogP contribution in [0.5, 0.6) is 0 Å². The third kappa shape index (κ3) is 45.7. The Labute approximate surface area is 390 Å². The zero-order valence-electron chi connectivity index (χ0n) is 41.4. The number of ether oxygens (including phenoxy) is 1. The SMILES string of the molecule is CCCCC/C=C\C/C=C\CCCCCCCC(CC(=O)NC(CO)C(O)CCCCCCCCCCCCC)OC(=O)CCCCCCC/C=C/C=C/C=C/C=C/CCCCC. The number of aliphatic hydroxyl groups excluding tert-OH is 2. The molecular weight excluding hydrogens is 779 g/mol. The highest BCUT2D eigenvalue weighted by molar-refractivity contribution is 5.77. The van der Waals surface area contributed by atoms with Gasteiger partial charge in [0.05, 0.1) is 25.2 Å². The van der Waals surface area contributed by atoms with Crippen molar-refractivity contribution in [2.24, 2.45) is 0 Å². The van der Waals surface area contributed by atoms with Crippen LogP contribution >= 0.6 is 0 Å². The lowest BCUT2D eigenvalue weighted by atomic mass is 10.0. The Morgan fingerprint density at radius 3 is 1.38 bits per heavy atom. The number of carbonyl (C=O) groups excluding carboxylic acids is 2. The van der Waals surface area contributed by atoms with Gasteiger partial charge in [-0.1, -0.05) is 229 Å². The molecule has 0 fully saturated rings. The summed E-state index contributed by atoms with van der Waals surface area (Å²) in [5.74, 6) is -0.514. The van der Waals surface area contributed by atoms with Crippen molar-refractivity contribution in [3.05, 3.63) is 72.9 Å². The number of carbonyl (C=O) groups is 2. The van der Waals surface area contributed by atoms with Crippen LogP contribution in [0.2, 0.25) is 0 Å². The number of nitrogens with one attached hydrogen (secondary N) is 1. The van der Waals surface area contributed by atoms with Gasteiger partial charge in [0.1, 0.15) is 6.10 Å².